The van der Waals surface area contributed by atoms with Gasteiger partial charge in [-0.15, -0.1) is 12.6 Å². The highest BCUT2D eigenvalue weighted by molar-refractivity contribution is 7.80. The molecule has 1 amide bonds. The molecule has 1 aromatic rings. The zero-order valence-electron chi connectivity index (χ0n) is 11.7. The lowest BCUT2D eigenvalue weighted by atomic mass is 10.1. The number of rotatable bonds is 3. The lowest BCUT2D eigenvalue weighted by Gasteiger charge is -2.35. The molecule has 2 atom stereocenters. The van der Waals surface area contributed by atoms with Crippen LogP contribution >= 0.6 is 12.6 Å². The number of fused-ring (bicyclic) bond motifs is 1. The predicted molar refractivity (Wildman–Crippen MR) is 80.3 cm³/mol. The largest absolute Gasteiger partial charge is 0.373 e. The molecule has 114 valence electrons. The molecule has 3 rings (SSSR count). The normalized spacial score (nSPS) is 25.6. The first-order valence-electron chi connectivity index (χ1n) is 7.26. The fourth-order valence-electron chi connectivity index (χ4n) is 2.97. The van der Waals surface area contributed by atoms with E-state index in [0.29, 0.717) is 18.2 Å². The Morgan fingerprint density at radius 1 is 1.52 bits per heavy atom. The van der Waals surface area contributed by atoms with Gasteiger partial charge in [0.25, 0.3) is 5.91 Å². The quantitative estimate of drug-likeness (QED) is 0.835. The van der Waals surface area contributed by atoms with E-state index in [1.807, 2.05) is 0 Å². The lowest BCUT2D eigenvalue weighted by molar-refractivity contribution is -0.0461. The summed E-state index contributed by atoms with van der Waals surface area (Å²) in [5.74, 6) is -0.650. The predicted octanol–water partition coefficient (Wildman–Crippen LogP) is 1.71. The van der Waals surface area contributed by atoms with Crippen molar-refractivity contribution in [2.45, 2.75) is 29.9 Å². The van der Waals surface area contributed by atoms with Gasteiger partial charge in [0.1, 0.15) is 5.82 Å². The van der Waals surface area contributed by atoms with E-state index in [4.69, 9.17) is 4.74 Å². The Morgan fingerprint density at radius 3 is 3.19 bits per heavy atom. The molecule has 1 aromatic carbocycles. The summed E-state index contributed by atoms with van der Waals surface area (Å²) in [5.41, 5.74) is 0.413. The van der Waals surface area contributed by atoms with Gasteiger partial charge in [0.15, 0.2) is 0 Å². The summed E-state index contributed by atoms with van der Waals surface area (Å²) in [6, 6.07) is 4.71. The van der Waals surface area contributed by atoms with Crippen LogP contribution in [0.2, 0.25) is 0 Å². The minimum absolute atomic E-state index is 0.0271. The number of morpholine rings is 1. The molecule has 6 heteroatoms. The van der Waals surface area contributed by atoms with Gasteiger partial charge in [0, 0.05) is 29.6 Å². The summed E-state index contributed by atoms with van der Waals surface area (Å²) in [7, 11) is 0. The maximum Gasteiger partial charge on any atom is 0.251 e. The van der Waals surface area contributed by atoms with E-state index in [0.717, 1.165) is 19.7 Å². The second kappa shape index (κ2) is 6.34. The minimum atomic E-state index is -0.425. The van der Waals surface area contributed by atoms with E-state index in [-0.39, 0.29) is 16.9 Å². The molecule has 0 radical (unpaired) electrons. The summed E-state index contributed by atoms with van der Waals surface area (Å²) >= 11 is 3.99. The van der Waals surface area contributed by atoms with Gasteiger partial charge in [-0.1, -0.05) is 0 Å². The first kappa shape index (κ1) is 14.8. The number of halogens is 1. The number of nitrogens with one attached hydrogen (secondary N) is 1. The topological polar surface area (TPSA) is 41.6 Å². The second-order valence-electron chi connectivity index (χ2n) is 5.62. The van der Waals surface area contributed by atoms with Gasteiger partial charge in [-0.2, -0.15) is 0 Å². The van der Waals surface area contributed by atoms with Crippen molar-refractivity contribution in [1.82, 2.24) is 10.2 Å². The van der Waals surface area contributed by atoms with Gasteiger partial charge in [-0.3, -0.25) is 9.69 Å². The number of carbonyl (C=O) groups excluding carboxylic acids is 1. The Morgan fingerprint density at radius 2 is 2.38 bits per heavy atom. The van der Waals surface area contributed by atoms with Crippen molar-refractivity contribution in [1.29, 1.82) is 0 Å². The van der Waals surface area contributed by atoms with Crippen LogP contribution in [0.15, 0.2) is 23.1 Å². The van der Waals surface area contributed by atoms with E-state index >= 15 is 0 Å². The van der Waals surface area contributed by atoms with Crippen LogP contribution in [-0.4, -0.2) is 49.2 Å². The molecule has 0 aliphatic carbocycles. The van der Waals surface area contributed by atoms with Gasteiger partial charge >= 0.3 is 0 Å². The Bertz CT molecular complexity index is 540. The van der Waals surface area contributed by atoms with Crippen LogP contribution in [0.1, 0.15) is 23.2 Å². The molecule has 2 aliphatic heterocycles. The number of benzene rings is 1. The fourth-order valence-corrected chi connectivity index (χ4v) is 3.19. The average Bonchev–Trinajstić information content (AvgIpc) is 2.95. The summed E-state index contributed by atoms with van der Waals surface area (Å²) in [4.78, 5) is 14.7. The number of carbonyl (C=O) groups is 1. The highest BCUT2D eigenvalue weighted by Crippen LogP contribution is 2.22. The third-order valence-corrected chi connectivity index (χ3v) is 4.50. The van der Waals surface area contributed by atoms with Crippen molar-refractivity contribution in [3.05, 3.63) is 29.6 Å². The summed E-state index contributed by atoms with van der Waals surface area (Å²) in [6.45, 7) is 3.21. The van der Waals surface area contributed by atoms with Crippen molar-refractivity contribution in [2.75, 3.05) is 26.2 Å². The number of thiol groups is 1. The van der Waals surface area contributed by atoms with Crippen LogP contribution < -0.4 is 5.32 Å². The smallest absolute Gasteiger partial charge is 0.251 e. The molecule has 21 heavy (non-hydrogen) atoms. The Kier molecular flexibility index (Phi) is 4.47. The highest BCUT2D eigenvalue weighted by Gasteiger charge is 2.32. The van der Waals surface area contributed by atoms with Gasteiger partial charge < -0.3 is 10.1 Å². The summed E-state index contributed by atoms with van der Waals surface area (Å²) in [6.07, 6.45) is 2.46. The summed E-state index contributed by atoms with van der Waals surface area (Å²) < 4.78 is 18.9. The number of nitrogens with zero attached hydrogens (tertiary/aromatic N) is 1. The van der Waals surface area contributed by atoms with Crippen molar-refractivity contribution >= 4 is 18.5 Å². The fraction of sp³-hybridized carbons (Fsp3) is 0.533. The van der Waals surface area contributed by atoms with Crippen molar-refractivity contribution in [3.8, 4) is 0 Å². The molecule has 1 N–H and O–H groups in total. The van der Waals surface area contributed by atoms with E-state index in [1.165, 1.54) is 31.0 Å². The monoisotopic (exact) mass is 310 g/mol. The maximum atomic E-state index is 13.1. The van der Waals surface area contributed by atoms with Crippen molar-refractivity contribution in [2.24, 2.45) is 0 Å². The van der Waals surface area contributed by atoms with Gasteiger partial charge in [-0.05, 0) is 37.6 Å². The van der Waals surface area contributed by atoms with Crippen LogP contribution in [0.5, 0.6) is 0 Å². The first-order valence-corrected chi connectivity index (χ1v) is 7.70. The molecule has 2 aliphatic rings. The molecular weight excluding hydrogens is 291 g/mol. The van der Waals surface area contributed by atoms with Gasteiger partial charge in [0.05, 0.1) is 12.7 Å². The number of ether oxygens (including phenoxy) is 1. The Labute approximate surface area is 129 Å². The molecule has 2 saturated heterocycles. The van der Waals surface area contributed by atoms with Crippen molar-refractivity contribution in [3.63, 3.8) is 0 Å². The molecule has 0 saturated carbocycles. The minimum Gasteiger partial charge on any atom is -0.373 e. The zero-order chi connectivity index (χ0) is 14.8. The Hall–Kier alpha value is -1.11. The van der Waals surface area contributed by atoms with E-state index in [2.05, 4.69) is 22.8 Å². The van der Waals surface area contributed by atoms with Gasteiger partial charge in [-0.25, -0.2) is 4.39 Å². The van der Waals surface area contributed by atoms with Crippen LogP contribution in [0.25, 0.3) is 0 Å². The van der Waals surface area contributed by atoms with E-state index in [9.17, 15) is 9.18 Å². The molecule has 2 heterocycles. The van der Waals surface area contributed by atoms with E-state index < -0.39 is 5.82 Å². The lowest BCUT2D eigenvalue weighted by Crippen LogP contribution is -2.50. The van der Waals surface area contributed by atoms with E-state index in [1.54, 1.807) is 0 Å². The first-order chi connectivity index (χ1) is 10.1. The molecule has 2 fully saturated rings. The number of amides is 1. The molecule has 0 aromatic heterocycles. The van der Waals surface area contributed by atoms with Crippen LogP contribution in [0.3, 0.4) is 0 Å². The number of hydrogen-bond acceptors (Lipinski definition) is 4. The average molecular weight is 310 g/mol. The molecule has 0 bridgehead atoms. The van der Waals surface area contributed by atoms with Gasteiger partial charge in [0.2, 0.25) is 0 Å². The molecule has 0 spiro atoms. The maximum absolute atomic E-state index is 13.1. The second-order valence-corrected chi connectivity index (χ2v) is 6.10. The molecule has 4 nitrogen and oxygen atoms in total. The summed E-state index contributed by atoms with van der Waals surface area (Å²) in [5, 5.41) is 2.85. The molecular formula is C15H19FN2O2S. The third-order valence-electron chi connectivity index (χ3n) is 4.16. The SMILES string of the molecule is O=C(NCC1CN2CCCC2CO1)c1ccc(F)c(S)c1. The Balaban J connectivity index is 1.52. The van der Waals surface area contributed by atoms with Crippen LogP contribution in [-0.2, 0) is 4.74 Å². The van der Waals surface area contributed by atoms with Crippen LogP contribution in [0.4, 0.5) is 4.39 Å². The van der Waals surface area contributed by atoms with Crippen molar-refractivity contribution < 1.29 is 13.9 Å². The molecule has 2 unspecified atom stereocenters. The standard InChI is InChI=1S/C15H19FN2O2S/c16-13-4-3-10(6-14(13)21)15(19)17-7-12-8-18-5-1-2-11(18)9-20-12/h3-4,6,11-12,21H,1-2,5,7-9H2,(H,17,19). The number of hydrogen-bond donors (Lipinski definition) is 2. The highest BCUT2D eigenvalue weighted by atomic mass is 32.1. The zero-order valence-corrected chi connectivity index (χ0v) is 12.6. The van der Waals surface area contributed by atoms with Crippen LogP contribution in [0, 0.1) is 5.82 Å². The third kappa shape index (κ3) is 3.39.